The molecule has 1 fully saturated rings. The summed E-state index contributed by atoms with van der Waals surface area (Å²) in [7, 11) is 8.49. The number of anilines is 1. The lowest BCUT2D eigenvalue weighted by molar-refractivity contribution is 0.394. The lowest BCUT2D eigenvalue weighted by Gasteiger charge is -2.21. The molecule has 1 atom stereocenters. The highest BCUT2D eigenvalue weighted by atomic mass is 16.5. The van der Waals surface area contributed by atoms with Gasteiger partial charge in [-0.05, 0) is 36.6 Å². The average molecular weight is 443 g/mol. The molecule has 2 aromatic rings. The number of hydrogen-bond acceptors (Lipinski definition) is 6. The molecule has 0 bridgehead atoms. The molecule has 2 N–H and O–H groups in total. The van der Waals surface area contributed by atoms with Gasteiger partial charge in [0, 0.05) is 56.6 Å². The Balaban J connectivity index is 1.54. The highest BCUT2D eigenvalue weighted by molar-refractivity contribution is 5.80. The number of benzene rings is 2. The number of ether oxygens (including phenoxy) is 4. The zero-order chi connectivity index (χ0) is 22.9. The second-order valence-electron chi connectivity index (χ2n) is 7.57. The summed E-state index contributed by atoms with van der Waals surface area (Å²) in [5.74, 6) is 4.06. The topological polar surface area (TPSA) is 76.6 Å². The van der Waals surface area contributed by atoms with E-state index in [9.17, 15) is 0 Å². The van der Waals surface area contributed by atoms with Crippen LogP contribution < -0.4 is 34.5 Å². The molecular formula is C24H34N4O4. The molecule has 3 rings (SSSR count). The Morgan fingerprint density at radius 1 is 0.969 bits per heavy atom. The van der Waals surface area contributed by atoms with Crippen LogP contribution in [-0.4, -0.2) is 67.1 Å². The van der Waals surface area contributed by atoms with Crippen LogP contribution in [-0.2, 0) is 6.42 Å². The van der Waals surface area contributed by atoms with Gasteiger partial charge in [0.15, 0.2) is 5.96 Å². The number of guanidine groups is 1. The lowest BCUT2D eigenvalue weighted by atomic mass is 10.1. The first-order chi connectivity index (χ1) is 15.6. The summed E-state index contributed by atoms with van der Waals surface area (Å²) in [4.78, 5) is 6.72. The molecule has 0 saturated carbocycles. The second kappa shape index (κ2) is 11.4. The molecule has 1 unspecified atom stereocenters. The molecule has 2 aromatic carbocycles. The summed E-state index contributed by atoms with van der Waals surface area (Å²) in [5, 5.41) is 6.95. The van der Waals surface area contributed by atoms with Gasteiger partial charge < -0.3 is 34.5 Å². The van der Waals surface area contributed by atoms with E-state index < -0.39 is 0 Å². The van der Waals surface area contributed by atoms with Gasteiger partial charge in [-0.15, -0.1) is 0 Å². The summed E-state index contributed by atoms with van der Waals surface area (Å²) >= 11 is 0. The molecule has 1 saturated heterocycles. The summed E-state index contributed by atoms with van der Waals surface area (Å²) < 4.78 is 21.6. The maximum atomic E-state index is 5.47. The van der Waals surface area contributed by atoms with Gasteiger partial charge in [0.25, 0.3) is 0 Å². The largest absolute Gasteiger partial charge is 0.497 e. The zero-order valence-corrected chi connectivity index (χ0v) is 19.6. The monoisotopic (exact) mass is 442 g/mol. The smallest absolute Gasteiger partial charge is 0.191 e. The predicted molar refractivity (Wildman–Crippen MR) is 128 cm³/mol. The van der Waals surface area contributed by atoms with Gasteiger partial charge in [-0.25, -0.2) is 0 Å². The Kier molecular flexibility index (Phi) is 8.30. The number of nitrogens with zero attached hydrogens (tertiary/aromatic N) is 2. The summed E-state index contributed by atoms with van der Waals surface area (Å²) in [6.07, 6.45) is 1.81. The van der Waals surface area contributed by atoms with Crippen LogP contribution in [0.5, 0.6) is 23.0 Å². The molecule has 0 aliphatic carbocycles. The summed E-state index contributed by atoms with van der Waals surface area (Å²) in [6, 6.07) is 12.1. The van der Waals surface area contributed by atoms with Crippen molar-refractivity contribution in [3.63, 3.8) is 0 Å². The maximum Gasteiger partial charge on any atom is 0.191 e. The first kappa shape index (κ1) is 23.4. The molecule has 0 amide bonds. The Bertz CT molecular complexity index is 897. The molecule has 0 aromatic heterocycles. The highest BCUT2D eigenvalue weighted by Gasteiger charge is 2.24. The summed E-state index contributed by atoms with van der Waals surface area (Å²) in [6.45, 7) is 2.55. The van der Waals surface area contributed by atoms with Crippen molar-refractivity contribution in [3.8, 4) is 23.0 Å². The molecule has 0 spiro atoms. The summed E-state index contributed by atoms with van der Waals surface area (Å²) in [5.41, 5.74) is 2.19. The molecule has 1 heterocycles. The number of nitrogens with one attached hydrogen (secondary N) is 2. The molecule has 1 aliphatic heterocycles. The van der Waals surface area contributed by atoms with Gasteiger partial charge in [0.2, 0.25) is 0 Å². The van der Waals surface area contributed by atoms with Gasteiger partial charge in [0.1, 0.15) is 23.0 Å². The zero-order valence-electron chi connectivity index (χ0n) is 19.6. The number of methoxy groups -OCH3 is 4. The van der Waals surface area contributed by atoms with Crippen LogP contribution in [0.2, 0.25) is 0 Å². The van der Waals surface area contributed by atoms with Crippen molar-refractivity contribution >= 4 is 11.6 Å². The first-order valence-corrected chi connectivity index (χ1v) is 10.8. The molecule has 0 radical (unpaired) electrons. The molecule has 8 nitrogen and oxygen atoms in total. The fourth-order valence-electron chi connectivity index (χ4n) is 3.87. The van der Waals surface area contributed by atoms with Crippen molar-refractivity contribution < 1.29 is 18.9 Å². The third-order valence-electron chi connectivity index (χ3n) is 5.63. The van der Waals surface area contributed by atoms with Crippen LogP contribution in [0, 0.1) is 0 Å². The average Bonchev–Trinajstić information content (AvgIpc) is 3.31. The Morgan fingerprint density at radius 2 is 1.69 bits per heavy atom. The van der Waals surface area contributed by atoms with Crippen molar-refractivity contribution in [1.29, 1.82) is 0 Å². The normalized spacial score (nSPS) is 16.0. The third-order valence-corrected chi connectivity index (χ3v) is 5.63. The van der Waals surface area contributed by atoms with Crippen LogP contribution in [0.25, 0.3) is 0 Å². The maximum absolute atomic E-state index is 5.47. The molecule has 8 heteroatoms. The minimum Gasteiger partial charge on any atom is -0.497 e. The van der Waals surface area contributed by atoms with Crippen LogP contribution in [0.4, 0.5) is 5.69 Å². The van der Waals surface area contributed by atoms with Gasteiger partial charge in [-0.2, -0.15) is 0 Å². The highest BCUT2D eigenvalue weighted by Crippen LogP contribution is 2.30. The van der Waals surface area contributed by atoms with Crippen molar-refractivity contribution in [1.82, 2.24) is 10.6 Å². The minimum atomic E-state index is 0.296. The van der Waals surface area contributed by atoms with E-state index >= 15 is 0 Å². The fourth-order valence-corrected chi connectivity index (χ4v) is 3.87. The van der Waals surface area contributed by atoms with Gasteiger partial charge >= 0.3 is 0 Å². The van der Waals surface area contributed by atoms with Crippen LogP contribution in [0.1, 0.15) is 12.0 Å². The van der Waals surface area contributed by atoms with E-state index in [0.29, 0.717) is 6.04 Å². The molecule has 174 valence electrons. The molecule has 1 aliphatic rings. The van der Waals surface area contributed by atoms with Crippen molar-refractivity contribution in [2.24, 2.45) is 4.99 Å². The number of aliphatic imine (C=N–C) groups is 1. The van der Waals surface area contributed by atoms with Gasteiger partial charge in [-0.3, -0.25) is 4.99 Å². The quantitative estimate of drug-likeness (QED) is 0.457. The van der Waals surface area contributed by atoms with Gasteiger partial charge in [-0.1, -0.05) is 0 Å². The van der Waals surface area contributed by atoms with E-state index in [4.69, 9.17) is 18.9 Å². The standard InChI is InChI=1S/C24H34N4O4/c1-25-24(26-10-8-17-12-20(29-2)6-7-23(17)32-5)27-18-9-11-28(16-18)19-13-21(30-3)15-22(14-19)31-4/h6-7,12-15,18H,8-11,16H2,1-5H3,(H2,25,26,27). The SMILES string of the molecule is CN=C(NCCc1cc(OC)ccc1OC)NC1CCN(c2cc(OC)cc(OC)c2)C1. The minimum absolute atomic E-state index is 0.296. The van der Waals surface area contributed by atoms with E-state index in [0.717, 1.165) is 72.7 Å². The predicted octanol–water partition coefficient (Wildman–Crippen LogP) is 2.71. The Labute approximate surface area is 190 Å². The molecule has 32 heavy (non-hydrogen) atoms. The van der Waals surface area contributed by atoms with E-state index in [1.54, 1.807) is 35.5 Å². The fraction of sp³-hybridized carbons (Fsp3) is 0.458. The molecular weight excluding hydrogens is 408 g/mol. The van der Waals surface area contributed by atoms with Crippen LogP contribution in [0.3, 0.4) is 0 Å². The first-order valence-electron chi connectivity index (χ1n) is 10.8. The van der Waals surface area contributed by atoms with Crippen LogP contribution >= 0.6 is 0 Å². The number of hydrogen-bond donors (Lipinski definition) is 2. The third kappa shape index (κ3) is 5.90. The van der Waals surface area contributed by atoms with Crippen molar-refractivity contribution in [2.45, 2.75) is 18.9 Å². The van der Waals surface area contributed by atoms with Crippen LogP contribution in [0.15, 0.2) is 41.4 Å². The Hall–Kier alpha value is -3.29. The number of rotatable bonds is 9. The van der Waals surface area contributed by atoms with E-state index in [1.807, 2.05) is 36.4 Å². The van der Waals surface area contributed by atoms with E-state index in [2.05, 4.69) is 20.5 Å². The van der Waals surface area contributed by atoms with E-state index in [1.165, 1.54) is 0 Å². The Morgan fingerprint density at radius 3 is 2.31 bits per heavy atom. The van der Waals surface area contributed by atoms with E-state index in [-0.39, 0.29) is 0 Å². The lowest BCUT2D eigenvalue weighted by Crippen LogP contribution is -2.45. The van der Waals surface area contributed by atoms with Crippen molar-refractivity contribution in [2.75, 3.05) is 60.0 Å². The second-order valence-corrected chi connectivity index (χ2v) is 7.57. The van der Waals surface area contributed by atoms with Crippen molar-refractivity contribution in [3.05, 3.63) is 42.0 Å². The van der Waals surface area contributed by atoms with Gasteiger partial charge in [0.05, 0.1) is 28.4 Å².